The number of hydrogen-bond donors (Lipinski definition) is 3. The third kappa shape index (κ3) is 6.96. The molecule has 1 saturated heterocycles. The quantitative estimate of drug-likeness (QED) is 0.301. The van der Waals surface area contributed by atoms with Gasteiger partial charge in [-0.15, -0.1) is 0 Å². The second kappa shape index (κ2) is 13.8. The first-order chi connectivity index (χ1) is 22.9. The van der Waals surface area contributed by atoms with Gasteiger partial charge >= 0.3 is 0 Å². The molecule has 1 spiro atoms. The highest BCUT2D eigenvalue weighted by molar-refractivity contribution is 5.95. The minimum atomic E-state index is -1.22. The van der Waals surface area contributed by atoms with E-state index in [0.29, 0.717) is 71.7 Å². The number of carbonyl (C=O) groups is 3. The highest BCUT2D eigenvalue weighted by Gasteiger charge is 2.45. The fourth-order valence-corrected chi connectivity index (χ4v) is 5.61. The van der Waals surface area contributed by atoms with Gasteiger partial charge in [-0.05, 0) is 72.3 Å². The monoisotopic (exact) mass is 640 g/mol. The van der Waals surface area contributed by atoms with E-state index in [-0.39, 0.29) is 37.4 Å². The van der Waals surface area contributed by atoms with Crippen LogP contribution in [0, 0.1) is 0 Å². The van der Waals surface area contributed by atoms with Crippen molar-refractivity contribution in [3.8, 4) is 34.5 Å². The van der Waals surface area contributed by atoms with Crippen molar-refractivity contribution in [3.05, 3.63) is 95.8 Å². The number of nitrogens with zero attached hydrogens (tertiary/aromatic N) is 1. The third-order valence-corrected chi connectivity index (χ3v) is 8.22. The minimum Gasteiger partial charge on any atom is -0.493 e. The molecule has 12 nitrogen and oxygen atoms in total. The molecular weight excluding hydrogens is 604 g/mol. The van der Waals surface area contributed by atoms with Crippen LogP contribution in [0.25, 0.3) is 0 Å². The van der Waals surface area contributed by atoms with Crippen LogP contribution in [-0.4, -0.2) is 73.7 Å². The van der Waals surface area contributed by atoms with E-state index in [9.17, 15) is 14.4 Å². The van der Waals surface area contributed by atoms with Crippen molar-refractivity contribution < 1.29 is 38.1 Å². The van der Waals surface area contributed by atoms with E-state index in [2.05, 4.69) is 15.6 Å². The van der Waals surface area contributed by atoms with Crippen LogP contribution in [0.5, 0.6) is 34.5 Å². The van der Waals surface area contributed by atoms with Crippen LogP contribution in [0.4, 0.5) is 0 Å². The summed E-state index contributed by atoms with van der Waals surface area (Å²) in [7, 11) is 3.03. The van der Waals surface area contributed by atoms with E-state index in [1.807, 2.05) is 6.07 Å². The van der Waals surface area contributed by atoms with Crippen molar-refractivity contribution in [2.45, 2.75) is 25.0 Å². The molecule has 0 saturated carbocycles. The highest BCUT2D eigenvalue weighted by Crippen LogP contribution is 2.38. The molecule has 8 heterocycles. The Balaban J connectivity index is 1.27. The number of carbonyl (C=O) groups excluding carboxylic acids is 3. The van der Waals surface area contributed by atoms with Gasteiger partial charge in [0, 0.05) is 44.2 Å². The molecule has 0 aliphatic carbocycles. The first-order valence-corrected chi connectivity index (χ1v) is 15.3. The van der Waals surface area contributed by atoms with Gasteiger partial charge in [-0.3, -0.25) is 14.4 Å². The van der Waals surface area contributed by atoms with E-state index in [1.165, 1.54) is 14.2 Å². The molecule has 7 aliphatic heterocycles. The smallest absolute Gasteiger partial charge is 0.270 e. The topological polar surface area (TPSA) is 140 Å². The number of piperidine rings is 1. The zero-order valence-corrected chi connectivity index (χ0v) is 26.2. The number of nitrogens with one attached hydrogen (secondary N) is 3. The summed E-state index contributed by atoms with van der Waals surface area (Å²) in [6.07, 6.45) is 2.29. The summed E-state index contributed by atoms with van der Waals surface area (Å²) in [6.45, 7) is 1.37. The lowest BCUT2D eigenvalue weighted by molar-refractivity contribution is -0.141. The summed E-state index contributed by atoms with van der Waals surface area (Å²) in [5, 5.41) is 5.89. The van der Waals surface area contributed by atoms with Crippen LogP contribution in [0.2, 0.25) is 0 Å². The van der Waals surface area contributed by atoms with Crippen molar-refractivity contribution in [1.29, 1.82) is 0 Å². The minimum absolute atomic E-state index is 0.125. The molecular formula is C35H36N4O8. The lowest BCUT2D eigenvalue weighted by Crippen LogP contribution is -2.58. The molecule has 1 aromatic heterocycles. The van der Waals surface area contributed by atoms with Crippen LogP contribution < -0.4 is 34.3 Å². The Morgan fingerprint density at radius 3 is 2.26 bits per heavy atom. The average Bonchev–Trinajstić information content (AvgIpc) is 3.65. The Kier molecular flexibility index (Phi) is 9.18. The first kappa shape index (κ1) is 31.3. The van der Waals surface area contributed by atoms with Crippen molar-refractivity contribution in [1.82, 2.24) is 20.5 Å². The molecule has 4 aromatic rings. The number of aromatic nitrogens is 1. The van der Waals surface area contributed by atoms with E-state index >= 15 is 0 Å². The maximum absolute atomic E-state index is 13.9. The van der Waals surface area contributed by atoms with Gasteiger partial charge in [-0.25, -0.2) is 0 Å². The lowest BCUT2D eigenvalue weighted by Gasteiger charge is -2.40. The summed E-state index contributed by atoms with van der Waals surface area (Å²) in [6, 6.07) is 20.8. The number of rotatable bonds is 3. The van der Waals surface area contributed by atoms with Gasteiger partial charge < -0.3 is 44.2 Å². The number of aromatic amines is 1. The molecule has 3 amide bonds. The Morgan fingerprint density at radius 1 is 0.851 bits per heavy atom. The van der Waals surface area contributed by atoms with Gasteiger partial charge in [0.1, 0.15) is 23.8 Å². The van der Waals surface area contributed by atoms with Crippen molar-refractivity contribution in [3.63, 3.8) is 0 Å². The molecule has 0 atom stereocenters. The van der Waals surface area contributed by atoms with E-state index < -0.39 is 5.60 Å². The van der Waals surface area contributed by atoms with Gasteiger partial charge in [-0.2, -0.15) is 0 Å². The fraction of sp³-hybridized carbons (Fsp3) is 0.286. The number of likely N-dealkylation sites (tertiary alicyclic amines) is 1. The molecule has 47 heavy (non-hydrogen) atoms. The molecule has 0 radical (unpaired) electrons. The van der Waals surface area contributed by atoms with Crippen LogP contribution in [-0.2, 0) is 11.3 Å². The second-order valence-electron chi connectivity index (χ2n) is 11.2. The molecule has 3 N–H and O–H groups in total. The van der Waals surface area contributed by atoms with E-state index in [1.54, 1.807) is 77.8 Å². The maximum atomic E-state index is 13.9. The van der Waals surface area contributed by atoms with Crippen molar-refractivity contribution >= 4 is 17.7 Å². The molecule has 12 heteroatoms. The summed E-state index contributed by atoms with van der Waals surface area (Å²) < 4.78 is 29.5. The lowest BCUT2D eigenvalue weighted by atomic mass is 9.89. The Morgan fingerprint density at radius 2 is 1.55 bits per heavy atom. The van der Waals surface area contributed by atoms with Crippen LogP contribution in [0.15, 0.2) is 79.0 Å². The molecule has 3 aromatic carbocycles. The van der Waals surface area contributed by atoms with Crippen molar-refractivity contribution in [2.24, 2.45) is 0 Å². The Labute approximate surface area is 271 Å². The average molecular weight is 641 g/mol. The zero-order valence-electron chi connectivity index (χ0n) is 26.2. The normalized spacial score (nSPS) is 16.4. The van der Waals surface area contributed by atoms with Gasteiger partial charge in [-0.1, -0.05) is 6.07 Å². The Hall–Kier alpha value is -5.65. The largest absolute Gasteiger partial charge is 0.493 e. The SMILES string of the molecule is COc1cc2ccc1Oc1ccc(cc1OC)C(=O)NCCOc1ccc(cc1)OC1(CCN(C(=O)c3ccc[nH]3)CC1)C(=O)NC2. The fourth-order valence-electron chi connectivity index (χ4n) is 5.61. The molecule has 7 aliphatic rings. The van der Waals surface area contributed by atoms with Gasteiger partial charge in [0.2, 0.25) is 0 Å². The maximum Gasteiger partial charge on any atom is 0.270 e. The molecule has 0 unspecified atom stereocenters. The standard InChI is InChI=1S/C35H36N4O8/c1-43-30-20-23-5-11-28(30)46-29-12-6-24(21-31(29)44-2)32(40)37-16-19-45-25-7-9-26(10-8-25)47-35(34(42)38-22-23)13-17-39(18-14-35)33(41)27-4-3-15-36-27/h3-12,15,20-21,36H,13-14,16-19,22H2,1-2H3,(H,37,40)(H,38,42). The predicted octanol–water partition coefficient (Wildman–Crippen LogP) is 4.32. The van der Waals surface area contributed by atoms with Gasteiger partial charge in [0.15, 0.2) is 28.6 Å². The number of ether oxygens (including phenoxy) is 5. The number of methoxy groups -OCH3 is 2. The van der Waals surface area contributed by atoms with E-state index in [4.69, 9.17) is 23.7 Å². The number of amides is 3. The molecule has 244 valence electrons. The highest BCUT2D eigenvalue weighted by atomic mass is 16.5. The van der Waals surface area contributed by atoms with Crippen molar-refractivity contribution in [2.75, 3.05) is 40.5 Å². The first-order valence-electron chi connectivity index (χ1n) is 15.3. The second-order valence-corrected chi connectivity index (χ2v) is 11.2. The zero-order chi connectivity index (χ0) is 32.8. The summed E-state index contributed by atoms with van der Waals surface area (Å²) >= 11 is 0. The van der Waals surface area contributed by atoms with Crippen LogP contribution in [0.1, 0.15) is 39.3 Å². The molecule has 1 fully saturated rings. The van der Waals surface area contributed by atoms with Crippen LogP contribution in [0.3, 0.4) is 0 Å². The van der Waals surface area contributed by atoms with E-state index in [0.717, 1.165) is 5.56 Å². The number of benzene rings is 3. The summed E-state index contributed by atoms with van der Waals surface area (Å²) in [5.41, 5.74) is 0.456. The van der Waals surface area contributed by atoms with Crippen LogP contribution >= 0.6 is 0 Å². The van der Waals surface area contributed by atoms with Gasteiger partial charge in [0.25, 0.3) is 17.7 Å². The predicted molar refractivity (Wildman–Crippen MR) is 171 cm³/mol. The number of hydrogen-bond acceptors (Lipinski definition) is 8. The third-order valence-electron chi connectivity index (χ3n) is 8.22. The Bertz CT molecular complexity index is 1730. The summed E-state index contributed by atoms with van der Waals surface area (Å²) in [5.74, 6) is 2.01. The molecule has 11 rings (SSSR count). The number of H-pyrrole nitrogens is 1. The molecule has 6 bridgehead atoms. The summed E-state index contributed by atoms with van der Waals surface area (Å²) in [4.78, 5) is 44.4. The van der Waals surface area contributed by atoms with Gasteiger partial charge in [0.05, 0.1) is 20.8 Å².